The monoisotopic (exact) mass is 172 g/mol. The lowest BCUT2D eigenvalue weighted by Crippen LogP contribution is -1.77. The Labute approximate surface area is 65.2 Å². The minimum absolute atomic E-state index is 0.130. The highest BCUT2D eigenvalue weighted by molar-refractivity contribution is 7.37. The van der Waals surface area contributed by atoms with E-state index in [9.17, 15) is 4.57 Å². The lowest BCUT2D eigenvalue weighted by Gasteiger charge is -1.97. The molecule has 0 fully saturated rings. The predicted molar refractivity (Wildman–Crippen MR) is 43.0 cm³/mol. The van der Waals surface area contributed by atoms with Crippen molar-refractivity contribution in [3.8, 4) is 5.75 Å². The Morgan fingerprint density at radius 2 is 2.18 bits per heavy atom. The summed E-state index contributed by atoms with van der Waals surface area (Å²) in [6.07, 6.45) is 0.138. The van der Waals surface area contributed by atoms with Crippen LogP contribution in [0.4, 0.5) is 0 Å². The van der Waals surface area contributed by atoms with E-state index < -0.39 is 8.03 Å². The summed E-state index contributed by atoms with van der Waals surface area (Å²) in [5.41, 5.74) is 0.691. The molecule has 2 N–H and O–H groups in total. The fourth-order valence-electron chi connectivity index (χ4n) is 0.841. The van der Waals surface area contributed by atoms with Gasteiger partial charge in [-0.2, -0.15) is 0 Å². The molecule has 0 saturated heterocycles. The van der Waals surface area contributed by atoms with Gasteiger partial charge in [0, 0.05) is 6.16 Å². The van der Waals surface area contributed by atoms with Crippen LogP contribution in [-0.4, -0.2) is 10.00 Å². The maximum absolute atomic E-state index is 10.4. The van der Waals surface area contributed by atoms with Gasteiger partial charge >= 0.3 is 0 Å². The standard InChI is InChI=1S/C7H9O3P/c8-7-3-1-2-6(4-7)5-11(9)10/h1-4,8,11H,5H2,(H,9,10). The fraction of sp³-hybridized carbons (Fsp3) is 0.143. The molecule has 1 aromatic rings. The molecule has 0 spiro atoms. The van der Waals surface area contributed by atoms with E-state index in [1.165, 1.54) is 12.1 Å². The smallest absolute Gasteiger partial charge is 0.193 e. The van der Waals surface area contributed by atoms with Crippen LogP contribution in [0, 0.1) is 0 Å². The molecule has 0 aromatic heterocycles. The Bertz CT molecular complexity index is 272. The Balaban J connectivity index is 2.79. The zero-order chi connectivity index (χ0) is 8.27. The van der Waals surface area contributed by atoms with Crippen molar-refractivity contribution in [2.45, 2.75) is 6.16 Å². The summed E-state index contributed by atoms with van der Waals surface area (Å²) in [7, 11) is -2.46. The van der Waals surface area contributed by atoms with Gasteiger partial charge in [0.2, 0.25) is 0 Å². The molecule has 4 heteroatoms. The molecule has 0 radical (unpaired) electrons. The highest BCUT2D eigenvalue weighted by Gasteiger charge is 1.97. The van der Waals surface area contributed by atoms with E-state index in [-0.39, 0.29) is 11.9 Å². The second-order valence-corrected chi connectivity index (χ2v) is 3.38. The second-order valence-electron chi connectivity index (χ2n) is 2.24. The summed E-state index contributed by atoms with van der Waals surface area (Å²) < 4.78 is 10.4. The van der Waals surface area contributed by atoms with E-state index in [1.54, 1.807) is 12.1 Å². The van der Waals surface area contributed by atoms with Crippen LogP contribution < -0.4 is 0 Å². The molecular formula is C7H9O3P. The maximum Gasteiger partial charge on any atom is 0.193 e. The van der Waals surface area contributed by atoms with Crippen molar-refractivity contribution in [2.24, 2.45) is 0 Å². The fourth-order valence-corrected chi connectivity index (χ4v) is 1.41. The van der Waals surface area contributed by atoms with Crippen molar-refractivity contribution in [1.82, 2.24) is 0 Å². The van der Waals surface area contributed by atoms with Crippen LogP contribution in [-0.2, 0) is 10.7 Å². The van der Waals surface area contributed by atoms with Gasteiger partial charge in [0.05, 0.1) is 0 Å². The average molecular weight is 172 g/mol. The topological polar surface area (TPSA) is 57.5 Å². The zero-order valence-corrected chi connectivity index (χ0v) is 6.82. The van der Waals surface area contributed by atoms with Crippen LogP contribution in [0.1, 0.15) is 5.56 Å². The van der Waals surface area contributed by atoms with Gasteiger partial charge in [0.1, 0.15) is 5.75 Å². The number of benzene rings is 1. The average Bonchev–Trinajstić information content (AvgIpc) is 1.85. The normalized spacial score (nSPS) is 12.8. The molecule has 60 valence electrons. The predicted octanol–water partition coefficient (Wildman–Crippen LogP) is 1.36. The number of aromatic hydroxyl groups is 1. The maximum atomic E-state index is 10.4. The molecule has 11 heavy (non-hydrogen) atoms. The van der Waals surface area contributed by atoms with Gasteiger partial charge in [-0.3, -0.25) is 4.57 Å². The molecule has 0 bridgehead atoms. The molecule has 1 rings (SSSR count). The number of hydrogen-bond donors (Lipinski definition) is 2. The molecule has 0 aliphatic carbocycles. The molecule has 0 aliphatic heterocycles. The van der Waals surface area contributed by atoms with E-state index in [0.717, 1.165) is 0 Å². The molecule has 0 amide bonds. The molecule has 0 heterocycles. The van der Waals surface area contributed by atoms with Crippen LogP contribution >= 0.6 is 8.03 Å². The quantitative estimate of drug-likeness (QED) is 0.662. The van der Waals surface area contributed by atoms with Gasteiger partial charge in [-0.05, 0) is 17.7 Å². The van der Waals surface area contributed by atoms with Crippen LogP contribution in [0.5, 0.6) is 5.75 Å². The van der Waals surface area contributed by atoms with Gasteiger partial charge in [-0.1, -0.05) is 12.1 Å². The van der Waals surface area contributed by atoms with Crippen LogP contribution in [0.2, 0.25) is 0 Å². The van der Waals surface area contributed by atoms with Crippen molar-refractivity contribution < 1.29 is 14.6 Å². The van der Waals surface area contributed by atoms with Crippen molar-refractivity contribution in [1.29, 1.82) is 0 Å². The van der Waals surface area contributed by atoms with Crippen molar-refractivity contribution >= 4 is 8.03 Å². The van der Waals surface area contributed by atoms with Gasteiger partial charge < -0.3 is 10.00 Å². The van der Waals surface area contributed by atoms with Gasteiger partial charge in [0.15, 0.2) is 8.03 Å². The highest BCUT2D eigenvalue weighted by Crippen LogP contribution is 2.22. The number of phenols is 1. The summed E-state index contributed by atoms with van der Waals surface area (Å²) in [6, 6.07) is 6.37. The first-order valence-corrected chi connectivity index (χ1v) is 4.74. The Morgan fingerprint density at radius 1 is 1.45 bits per heavy atom. The lowest BCUT2D eigenvalue weighted by molar-refractivity contribution is 0.474. The number of hydrogen-bond acceptors (Lipinski definition) is 2. The molecule has 0 aliphatic rings. The van der Waals surface area contributed by atoms with E-state index in [0.29, 0.717) is 5.56 Å². The number of rotatable bonds is 2. The Hall–Kier alpha value is -0.790. The van der Waals surface area contributed by atoms with Crippen molar-refractivity contribution in [2.75, 3.05) is 0 Å². The first kappa shape index (κ1) is 8.31. The van der Waals surface area contributed by atoms with E-state index in [1.807, 2.05) is 0 Å². The molecule has 1 atom stereocenters. The second kappa shape index (κ2) is 3.56. The first-order valence-electron chi connectivity index (χ1n) is 3.18. The summed E-state index contributed by atoms with van der Waals surface area (Å²) >= 11 is 0. The van der Waals surface area contributed by atoms with Gasteiger partial charge in [-0.25, -0.2) is 0 Å². The number of phenolic OH excluding ortho intramolecular Hbond substituents is 1. The van der Waals surface area contributed by atoms with Crippen LogP contribution in [0.15, 0.2) is 24.3 Å². The summed E-state index contributed by atoms with van der Waals surface area (Å²) in [4.78, 5) is 8.56. The summed E-state index contributed by atoms with van der Waals surface area (Å²) in [5.74, 6) is 0.130. The van der Waals surface area contributed by atoms with E-state index in [2.05, 4.69) is 0 Å². The summed E-state index contributed by atoms with van der Waals surface area (Å²) in [6.45, 7) is 0. The SMILES string of the molecule is O=[PH](O)Cc1cccc(O)c1. The van der Waals surface area contributed by atoms with Crippen LogP contribution in [0.25, 0.3) is 0 Å². The molecular weight excluding hydrogens is 163 g/mol. The molecule has 1 aromatic carbocycles. The zero-order valence-electron chi connectivity index (χ0n) is 5.82. The third kappa shape index (κ3) is 2.74. The first-order chi connectivity index (χ1) is 5.18. The van der Waals surface area contributed by atoms with E-state index >= 15 is 0 Å². The minimum Gasteiger partial charge on any atom is -0.508 e. The van der Waals surface area contributed by atoms with Crippen molar-refractivity contribution in [3.05, 3.63) is 29.8 Å². The van der Waals surface area contributed by atoms with E-state index in [4.69, 9.17) is 10.00 Å². The molecule has 1 unspecified atom stereocenters. The third-order valence-corrected chi connectivity index (χ3v) is 1.98. The largest absolute Gasteiger partial charge is 0.508 e. The Kier molecular flexibility index (Phi) is 2.69. The third-order valence-electron chi connectivity index (χ3n) is 1.27. The minimum atomic E-state index is -2.46. The van der Waals surface area contributed by atoms with Crippen LogP contribution in [0.3, 0.4) is 0 Å². The van der Waals surface area contributed by atoms with Gasteiger partial charge in [-0.15, -0.1) is 0 Å². The summed E-state index contributed by atoms with van der Waals surface area (Å²) in [5, 5.41) is 8.95. The molecule has 0 saturated carbocycles. The van der Waals surface area contributed by atoms with Gasteiger partial charge in [0.25, 0.3) is 0 Å². The van der Waals surface area contributed by atoms with Crippen molar-refractivity contribution in [3.63, 3.8) is 0 Å². The molecule has 3 nitrogen and oxygen atoms in total. The highest BCUT2D eigenvalue weighted by atomic mass is 31.1. The lowest BCUT2D eigenvalue weighted by atomic mass is 10.2. The Morgan fingerprint density at radius 3 is 2.73 bits per heavy atom.